The maximum atomic E-state index is 8.84. The third kappa shape index (κ3) is 2.45. The Kier molecular flexibility index (Phi) is 3.40. The summed E-state index contributed by atoms with van der Waals surface area (Å²) < 4.78 is 0. The van der Waals surface area contributed by atoms with Crippen LogP contribution in [0.2, 0.25) is 0 Å². The summed E-state index contributed by atoms with van der Waals surface area (Å²) in [7, 11) is 1.99. The zero-order valence-corrected chi connectivity index (χ0v) is 10.6. The third-order valence-corrected chi connectivity index (χ3v) is 3.79. The zero-order valence-electron chi connectivity index (χ0n) is 9.79. The normalized spacial score (nSPS) is 11.8. The summed E-state index contributed by atoms with van der Waals surface area (Å²) in [5.74, 6) is 0.824. The first-order valence-electron chi connectivity index (χ1n) is 5.36. The number of anilines is 1. The topological polar surface area (TPSA) is 39.9 Å². The molecule has 86 valence electrons. The Morgan fingerprint density at radius 1 is 1.35 bits per heavy atom. The fraction of sp³-hybridized carbons (Fsp3) is 0.231. The average molecular weight is 243 g/mol. The van der Waals surface area contributed by atoms with Gasteiger partial charge >= 0.3 is 0 Å². The van der Waals surface area contributed by atoms with Gasteiger partial charge in [0.1, 0.15) is 17.6 Å². The van der Waals surface area contributed by atoms with E-state index in [0.29, 0.717) is 5.69 Å². The van der Waals surface area contributed by atoms with Crippen molar-refractivity contribution in [2.75, 3.05) is 11.9 Å². The molecule has 0 aromatic carbocycles. The molecule has 0 fully saturated rings. The molecule has 0 saturated carbocycles. The monoisotopic (exact) mass is 243 g/mol. The lowest BCUT2D eigenvalue weighted by Crippen LogP contribution is -2.22. The van der Waals surface area contributed by atoms with Gasteiger partial charge in [-0.25, -0.2) is 4.98 Å². The second kappa shape index (κ2) is 4.98. The minimum Gasteiger partial charge on any atom is -0.352 e. The number of hydrogen-bond donors (Lipinski definition) is 0. The van der Waals surface area contributed by atoms with Crippen molar-refractivity contribution < 1.29 is 0 Å². The maximum absolute atomic E-state index is 8.84. The molecule has 2 heterocycles. The first-order chi connectivity index (χ1) is 8.22. The van der Waals surface area contributed by atoms with Crippen molar-refractivity contribution in [1.29, 1.82) is 5.26 Å². The maximum Gasteiger partial charge on any atom is 0.142 e. The third-order valence-electron chi connectivity index (χ3n) is 2.75. The fourth-order valence-corrected chi connectivity index (χ4v) is 2.43. The molecule has 0 radical (unpaired) electrons. The quantitative estimate of drug-likeness (QED) is 0.831. The van der Waals surface area contributed by atoms with Crippen molar-refractivity contribution in [2.24, 2.45) is 0 Å². The lowest BCUT2D eigenvalue weighted by atomic mass is 10.2. The van der Waals surface area contributed by atoms with E-state index >= 15 is 0 Å². The van der Waals surface area contributed by atoms with Crippen LogP contribution in [0.15, 0.2) is 35.7 Å². The Morgan fingerprint density at radius 2 is 2.18 bits per heavy atom. The van der Waals surface area contributed by atoms with E-state index in [0.717, 1.165) is 5.82 Å². The summed E-state index contributed by atoms with van der Waals surface area (Å²) in [5.41, 5.74) is 0.452. The van der Waals surface area contributed by atoms with Crippen molar-refractivity contribution in [1.82, 2.24) is 4.98 Å². The van der Waals surface area contributed by atoms with Crippen LogP contribution in [0.3, 0.4) is 0 Å². The molecule has 0 bridgehead atoms. The molecule has 0 amide bonds. The highest BCUT2D eigenvalue weighted by Crippen LogP contribution is 2.26. The Hall–Kier alpha value is -1.86. The second-order valence-electron chi connectivity index (χ2n) is 3.80. The molecule has 1 atom stereocenters. The first kappa shape index (κ1) is 11.6. The van der Waals surface area contributed by atoms with Crippen LogP contribution in [0.25, 0.3) is 0 Å². The van der Waals surface area contributed by atoms with Crippen molar-refractivity contribution in [2.45, 2.75) is 13.0 Å². The lowest BCUT2D eigenvalue weighted by molar-refractivity contribution is 0.741. The Labute approximate surface area is 105 Å². The summed E-state index contributed by atoms with van der Waals surface area (Å²) in [5, 5.41) is 10.9. The molecular weight excluding hydrogens is 230 g/mol. The molecule has 2 rings (SSSR count). The van der Waals surface area contributed by atoms with E-state index in [9.17, 15) is 0 Å². The van der Waals surface area contributed by atoms with E-state index in [2.05, 4.69) is 34.3 Å². The van der Waals surface area contributed by atoms with Crippen LogP contribution >= 0.6 is 11.3 Å². The minimum absolute atomic E-state index is 0.261. The first-order valence-corrected chi connectivity index (χ1v) is 6.23. The number of nitriles is 1. The standard InChI is InChI=1S/C13H13N3S/c1-10(12-6-4-8-17-12)16(2)13-7-3-5-11(9-14)15-13/h3-8,10H,1-2H3. The minimum atomic E-state index is 0.261. The highest BCUT2D eigenvalue weighted by Gasteiger charge is 2.14. The van der Waals surface area contributed by atoms with Gasteiger partial charge in [0.05, 0.1) is 6.04 Å². The van der Waals surface area contributed by atoms with Crippen LogP contribution in [0.4, 0.5) is 5.82 Å². The Bertz CT molecular complexity index is 528. The van der Waals surface area contributed by atoms with Crippen LogP contribution in [0, 0.1) is 11.3 Å². The van der Waals surface area contributed by atoms with Crippen molar-refractivity contribution in [3.8, 4) is 6.07 Å². The van der Waals surface area contributed by atoms with Crippen LogP contribution in [0.1, 0.15) is 23.5 Å². The molecule has 0 saturated heterocycles. The summed E-state index contributed by atoms with van der Waals surface area (Å²) in [4.78, 5) is 7.66. The van der Waals surface area contributed by atoms with E-state index in [1.807, 2.05) is 25.2 Å². The number of aromatic nitrogens is 1. The van der Waals surface area contributed by atoms with Gasteiger partial charge in [-0.15, -0.1) is 11.3 Å². The number of rotatable bonds is 3. The van der Waals surface area contributed by atoms with Gasteiger partial charge in [-0.3, -0.25) is 0 Å². The Balaban J connectivity index is 2.25. The number of pyridine rings is 1. The van der Waals surface area contributed by atoms with Gasteiger partial charge in [0.2, 0.25) is 0 Å². The number of thiophene rings is 1. The number of hydrogen-bond acceptors (Lipinski definition) is 4. The summed E-state index contributed by atoms with van der Waals surface area (Å²) in [6.07, 6.45) is 0. The second-order valence-corrected chi connectivity index (χ2v) is 4.77. The molecule has 0 aliphatic carbocycles. The molecular formula is C13H13N3S. The van der Waals surface area contributed by atoms with Crippen molar-refractivity contribution >= 4 is 17.2 Å². The average Bonchev–Trinajstić information content (AvgIpc) is 2.91. The van der Waals surface area contributed by atoms with Crippen molar-refractivity contribution in [3.63, 3.8) is 0 Å². The molecule has 4 heteroatoms. The smallest absolute Gasteiger partial charge is 0.142 e. The summed E-state index contributed by atoms with van der Waals surface area (Å²) >= 11 is 1.73. The van der Waals surface area contributed by atoms with E-state index in [1.54, 1.807) is 17.4 Å². The molecule has 0 N–H and O–H groups in total. The van der Waals surface area contributed by atoms with Crippen LogP contribution in [0.5, 0.6) is 0 Å². The van der Waals surface area contributed by atoms with Gasteiger partial charge in [0.25, 0.3) is 0 Å². The van der Waals surface area contributed by atoms with Gasteiger partial charge in [0, 0.05) is 11.9 Å². The molecule has 0 aliphatic rings. The molecule has 1 unspecified atom stereocenters. The van der Waals surface area contributed by atoms with Gasteiger partial charge < -0.3 is 4.90 Å². The largest absolute Gasteiger partial charge is 0.352 e. The van der Waals surface area contributed by atoms with E-state index < -0.39 is 0 Å². The van der Waals surface area contributed by atoms with Gasteiger partial charge in [-0.1, -0.05) is 12.1 Å². The summed E-state index contributed by atoms with van der Waals surface area (Å²) in [6, 6.07) is 12.0. The predicted molar refractivity (Wildman–Crippen MR) is 70.1 cm³/mol. The molecule has 3 nitrogen and oxygen atoms in total. The zero-order chi connectivity index (χ0) is 12.3. The van der Waals surface area contributed by atoms with Crippen molar-refractivity contribution in [3.05, 3.63) is 46.3 Å². The Morgan fingerprint density at radius 3 is 2.82 bits per heavy atom. The molecule has 2 aromatic heterocycles. The highest BCUT2D eigenvalue weighted by atomic mass is 32.1. The van der Waals surface area contributed by atoms with E-state index in [1.165, 1.54) is 4.88 Å². The molecule has 2 aromatic rings. The molecule has 17 heavy (non-hydrogen) atoms. The van der Waals surface area contributed by atoms with Crippen LogP contribution in [-0.2, 0) is 0 Å². The molecule has 0 aliphatic heterocycles. The van der Waals surface area contributed by atoms with E-state index in [-0.39, 0.29) is 6.04 Å². The molecule has 0 spiro atoms. The fourth-order valence-electron chi connectivity index (χ4n) is 1.60. The highest BCUT2D eigenvalue weighted by molar-refractivity contribution is 7.10. The predicted octanol–water partition coefficient (Wildman–Crippen LogP) is 3.21. The van der Waals surface area contributed by atoms with Crippen LogP contribution < -0.4 is 4.90 Å². The lowest BCUT2D eigenvalue weighted by Gasteiger charge is -2.25. The van der Waals surface area contributed by atoms with Gasteiger partial charge in [0.15, 0.2) is 0 Å². The van der Waals surface area contributed by atoms with E-state index in [4.69, 9.17) is 5.26 Å². The number of nitrogens with zero attached hydrogens (tertiary/aromatic N) is 3. The SMILES string of the molecule is CC(c1cccs1)N(C)c1cccc(C#N)n1. The van der Waals surface area contributed by atoms with Crippen LogP contribution in [-0.4, -0.2) is 12.0 Å². The van der Waals surface area contributed by atoms with Gasteiger partial charge in [-0.05, 0) is 30.5 Å². The van der Waals surface area contributed by atoms with Gasteiger partial charge in [-0.2, -0.15) is 5.26 Å². The summed E-state index contributed by atoms with van der Waals surface area (Å²) in [6.45, 7) is 2.13.